The van der Waals surface area contributed by atoms with Crippen molar-refractivity contribution >= 4 is 21.8 Å². The van der Waals surface area contributed by atoms with Crippen molar-refractivity contribution in [3.63, 3.8) is 0 Å². The minimum atomic E-state index is -0.259. The summed E-state index contributed by atoms with van der Waals surface area (Å²) in [5.41, 5.74) is 0.782. The third-order valence-electron chi connectivity index (χ3n) is 4.14. The molecule has 6 nitrogen and oxygen atoms in total. The zero-order valence-corrected chi connectivity index (χ0v) is 18.2. The van der Waals surface area contributed by atoms with Crippen molar-refractivity contribution in [2.45, 2.75) is 39.3 Å². The van der Waals surface area contributed by atoms with E-state index in [4.69, 9.17) is 9.47 Å². The predicted octanol–water partition coefficient (Wildman–Crippen LogP) is 2.55. The van der Waals surface area contributed by atoms with Gasteiger partial charge in [0.25, 0.3) is 5.91 Å². The van der Waals surface area contributed by atoms with Crippen LogP contribution >= 0.6 is 15.9 Å². The van der Waals surface area contributed by atoms with E-state index in [2.05, 4.69) is 31.5 Å². The highest BCUT2D eigenvalue weighted by molar-refractivity contribution is 9.10. The highest BCUT2D eigenvalue weighted by atomic mass is 79.9. The number of carbonyl (C=O) groups excluding carboxylic acids is 1. The lowest BCUT2D eigenvalue weighted by Gasteiger charge is -2.26. The predicted molar refractivity (Wildman–Crippen MR) is 111 cm³/mol. The fourth-order valence-electron chi connectivity index (χ4n) is 2.90. The van der Waals surface area contributed by atoms with Crippen LogP contribution in [-0.2, 0) is 16.1 Å². The van der Waals surface area contributed by atoms with Gasteiger partial charge in [-0.2, -0.15) is 0 Å². The van der Waals surface area contributed by atoms with Gasteiger partial charge in [-0.05, 0) is 58.5 Å². The van der Waals surface area contributed by atoms with Crippen LogP contribution in [0.4, 0.5) is 0 Å². The number of nitrogens with one attached hydrogen (secondary N) is 2. The van der Waals surface area contributed by atoms with Gasteiger partial charge < -0.3 is 20.1 Å². The van der Waals surface area contributed by atoms with E-state index in [0.29, 0.717) is 6.54 Å². The first kappa shape index (κ1) is 22.1. The van der Waals surface area contributed by atoms with Gasteiger partial charge in [0.1, 0.15) is 5.75 Å². The second-order valence-electron chi connectivity index (χ2n) is 7.82. The maximum Gasteiger partial charge on any atom is 0.258 e. The summed E-state index contributed by atoms with van der Waals surface area (Å²) in [6.07, 6.45) is 1.10. The summed E-state index contributed by atoms with van der Waals surface area (Å²) in [4.78, 5) is 14.4. The number of hydrogen-bond acceptors (Lipinski definition) is 5. The Morgan fingerprint density at radius 2 is 2.04 bits per heavy atom. The third kappa shape index (κ3) is 9.06. The van der Waals surface area contributed by atoms with E-state index in [9.17, 15) is 4.79 Å². The summed E-state index contributed by atoms with van der Waals surface area (Å²) in [6.45, 7) is 12.4. The van der Waals surface area contributed by atoms with Crippen LogP contribution in [-0.4, -0.2) is 62.3 Å². The number of carbonyl (C=O) groups is 1. The van der Waals surface area contributed by atoms with E-state index in [-0.39, 0.29) is 18.1 Å². The molecular weight excluding hydrogens is 410 g/mol. The van der Waals surface area contributed by atoms with Crippen molar-refractivity contribution in [3.8, 4) is 5.75 Å². The van der Waals surface area contributed by atoms with Gasteiger partial charge in [-0.15, -0.1) is 0 Å². The molecule has 0 atom stereocenters. The normalized spacial score (nSPS) is 15.6. The lowest BCUT2D eigenvalue weighted by molar-refractivity contribution is -0.124. The Morgan fingerprint density at radius 3 is 2.74 bits per heavy atom. The van der Waals surface area contributed by atoms with Crippen molar-refractivity contribution in [1.29, 1.82) is 0 Å². The largest absolute Gasteiger partial charge is 0.483 e. The molecule has 0 spiro atoms. The summed E-state index contributed by atoms with van der Waals surface area (Å²) in [5, 5.41) is 6.38. The Bertz CT molecular complexity index is 599. The second-order valence-corrected chi connectivity index (χ2v) is 8.74. The molecular formula is C20H32BrN3O3. The molecule has 1 amide bonds. The molecule has 2 N–H and O–H groups in total. The molecule has 1 aromatic rings. The van der Waals surface area contributed by atoms with Crippen LogP contribution in [0.5, 0.6) is 5.75 Å². The van der Waals surface area contributed by atoms with Crippen LogP contribution in [0, 0.1) is 0 Å². The van der Waals surface area contributed by atoms with Crippen molar-refractivity contribution in [1.82, 2.24) is 15.5 Å². The SMILES string of the molecule is CC(C)(C)NC(=O)COc1ccc(Br)cc1CNCCCN1CCOCC1. The van der Waals surface area contributed by atoms with Crippen LogP contribution in [0.1, 0.15) is 32.8 Å². The number of rotatable bonds is 9. The summed E-state index contributed by atoms with van der Waals surface area (Å²) >= 11 is 3.51. The van der Waals surface area contributed by atoms with Gasteiger partial charge in [-0.1, -0.05) is 15.9 Å². The molecule has 0 unspecified atom stereocenters. The first-order chi connectivity index (χ1) is 12.8. The Hall–Kier alpha value is -1.15. The molecule has 0 aromatic heterocycles. The molecule has 1 aromatic carbocycles. The summed E-state index contributed by atoms with van der Waals surface area (Å²) in [7, 11) is 0. The lowest BCUT2D eigenvalue weighted by atomic mass is 10.1. The van der Waals surface area contributed by atoms with Crippen LogP contribution < -0.4 is 15.4 Å². The molecule has 0 bridgehead atoms. The van der Waals surface area contributed by atoms with Gasteiger partial charge in [0.15, 0.2) is 6.61 Å². The number of ether oxygens (including phenoxy) is 2. The van der Waals surface area contributed by atoms with Crippen molar-refractivity contribution in [3.05, 3.63) is 28.2 Å². The first-order valence-corrected chi connectivity index (χ1v) is 10.4. The van der Waals surface area contributed by atoms with Gasteiger partial charge in [0, 0.05) is 35.2 Å². The zero-order valence-electron chi connectivity index (χ0n) is 16.6. The van der Waals surface area contributed by atoms with E-state index >= 15 is 0 Å². The van der Waals surface area contributed by atoms with Gasteiger partial charge in [0.2, 0.25) is 0 Å². The molecule has 1 heterocycles. The third-order valence-corrected chi connectivity index (χ3v) is 4.64. The van der Waals surface area contributed by atoms with E-state index in [1.165, 1.54) is 0 Å². The minimum absolute atomic E-state index is 0.0168. The van der Waals surface area contributed by atoms with Crippen molar-refractivity contribution < 1.29 is 14.3 Å². The molecule has 152 valence electrons. The smallest absolute Gasteiger partial charge is 0.258 e. The van der Waals surface area contributed by atoms with Crippen molar-refractivity contribution in [2.75, 3.05) is 46.0 Å². The molecule has 1 aliphatic rings. The summed E-state index contributed by atoms with van der Waals surface area (Å²) < 4.78 is 12.1. The zero-order chi connectivity index (χ0) is 19.7. The molecule has 1 aliphatic heterocycles. The molecule has 2 rings (SSSR count). The number of halogens is 1. The molecule has 1 saturated heterocycles. The van der Waals surface area contributed by atoms with E-state index in [0.717, 1.165) is 61.6 Å². The fraction of sp³-hybridized carbons (Fsp3) is 0.650. The first-order valence-electron chi connectivity index (χ1n) is 9.56. The summed E-state index contributed by atoms with van der Waals surface area (Å²) in [5.74, 6) is 0.623. The Kier molecular flexibility index (Phi) is 9.02. The Morgan fingerprint density at radius 1 is 1.30 bits per heavy atom. The number of morpholine rings is 1. The maximum absolute atomic E-state index is 12.0. The van der Waals surface area contributed by atoms with Crippen LogP contribution in [0.25, 0.3) is 0 Å². The quantitative estimate of drug-likeness (QED) is 0.576. The number of amides is 1. The van der Waals surface area contributed by atoms with E-state index < -0.39 is 0 Å². The fourth-order valence-corrected chi connectivity index (χ4v) is 3.31. The standard InChI is InChI=1S/C20H32BrN3O3/c1-20(2,3)23-19(25)15-27-18-6-5-17(21)13-16(18)14-22-7-4-8-24-9-11-26-12-10-24/h5-6,13,22H,4,7-12,14-15H2,1-3H3,(H,23,25). The maximum atomic E-state index is 12.0. The van der Waals surface area contributed by atoms with Gasteiger partial charge in [-0.25, -0.2) is 0 Å². The summed E-state index contributed by atoms with van der Waals surface area (Å²) in [6, 6.07) is 5.87. The molecule has 0 aliphatic carbocycles. The Labute approximate surface area is 171 Å². The van der Waals surface area contributed by atoms with Crippen LogP contribution in [0.2, 0.25) is 0 Å². The minimum Gasteiger partial charge on any atom is -0.483 e. The number of hydrogen-bond donors (Lipinski definition) is 2. The molecule has 0 saturated carbocycles. The van der Waals surface area contributed by atoms with Gasteiger partial charge >= 0.3 is 0 Å². The molecule has 7 heteroatoms. The topological polar surface area (TPSA) is 62.8 Å². The number of nitrogens with zero attached hydrogens (tertiary/aromatic N) is 1. The molecule has 1 fully saturated rings. The highest BCUT2D eigenvalue weighted by Gasteiger charge is 2.15. The van der Waals surface area contributed by atoms with E-state index in [1.54, 1.807) is 0 Å². The van der Waals surface area contributed by atoms with Gasteiger partial charge in [0.05, 0.1) is 13.2 Å². The van der Waals surface area contributed by atoms with Gasteiger partial charge in [-0.3, -0.25) is 9.69 Å². The van der Waals surface area contributed by atoms with Crippen LogP contribution in [0.3, 0.4) is 0 Å². The molecule has 27 heavy (non-hydrogen) atoms. The lowest BCUT2D eigenvalue weighted by Crippen LogP contribution is -2.43. The average Bonchev–Trinajstić information content (AvgIpc) is 2.60. The molecule has 0 radical (unpaired) electrons. The average molecular weight is 442 g/mol. The second kappa shape index (κ2) is 11.0. The Balaban J connectivity index is 1.76. The highest BCUT2D eigenvalue weighted by Crippen LogP contribution is 2.23. The van der Waals surface area contributed by atoms with Crippen molar-refractivity contribution in [2.24, 2.45) is 0 Å². The van der Waals surface area contributed by atoms with Crippen LogP contribution in [0.15, 0.2) is 22.7 Å². The monoisotopic (exact) mass is 441 g/mol. The number of benzene rings is 1. The van der Waals surface area contributed by atoms with E-state index in [1.807, 2.05) is 39.0 Å².